The van der Waals surface area contributed by atoms with Crippen LogP contribution in [-0.2, 0) is 4.84 Å². The molecule has 0 fully saturated rings. The topological polar surface area (TPSA) is 21.3 Å². The fourth-order valence-electron chi connectivity index (χ4n) is 1.06. The second-order valence-corrected chi connectivity index (χ2v) is 2.75. The Hall–Kier alpha value is -0.500. The van der Waals surface area contributed by atoms with Gasteiger partial charge in [0.25, 0.3) is 0 Å². The van der Waals surface area contributed by atoms with Gasteiger partial charge in [-0.2, -0.15) is 0 Å². The van der Waals surface area contributed by atoms with Crippen LogP contribution >= 0.6 is 0 Å². The van der Waals surface area contributed by atoms with Gasteiger partial charge in [0.1, 0.15) is 6.10 Å². The van der Waals surface area contributed by atoms with Crippen molar-refractivity contribution >= 4 is 0 Å². The van der Waals surface area contributed by atoms with Crippen molar-refractivity contribution in [2.75, 3.05) is 0 Å². The summed E-state index contributed by atoms with van der Waals surface area (Å²) < 4.78 is 0. The monoisotopic (exact) mass is 141 g/mol. The highest BCUT2D eigenvalue weighted by Gasteiger charge is 2.11. The predicted octanol–water partition coefficient (Wildman–Crippen LogP) is 1.98. The average molecular weight is 141 g/mol. The van der Waals surface area contributed by atoms with Crippen molar-refractivity contribution in [2.24, 2.45) is 0 Å². The molecular formula is C8H15NO. The molecule has 2 nitrogen and oxygen atoms in total. The normalized spacial score (nSPS) is 24.2. The average Bonchev–Trinajstić information content (AvgIpc) is 2.31. The fraction of sp³-hybridized carbons (Fsp3) is 0.750. The summed E-state index contributed by atoms with van der Waals surface area (Å²) in [5.41, 5.74) is 3.98. The number of hydroxylamine groups is 1. The molecule has 1 rings (SSSR count). The standard InChI is InChI=1S/C8H15NO/c1-3-4-5-8-6-7(2)9-10-8/h6,8-9H,3-5H2,1-2H3. The smallest absolute Gasteiger partial charge is 0.105 e. The van der Waals surface area contributed by atoms with E-state index < -0.39 is 0 Å². The van der Waals surface area contributed by atoms with Crippen LogP contribution in [-0.4, -0.2) is 6.10 Å². The van der Waals surface area contributed by atoms with Crippen LogP contribution in [0.5, 0.6) is 0 Å². The lowest BCUT2D eigenvalue weighted by atomic mass is 10.1. The molecule has 0 bridgehead atoms. The zero-order valence-corrected chi connectivity index (χ0v) is 6.68. The van der Waals surface area contributed by atoms with Crippen molar-refractivity contribution in [3.63, 3.8) is 0 Å². The van der Waals surface area contributed by atoms with Crippen LogP contribution < -0.4 is 5.48 Å². The molecule has 2 heteroatoms. The first-order valence-corrected chi connectivity index (χ1v) is 3.93. The molecule has 1 aliphatic rings. The molecule has 1 aliphatic heterocycles. The molecule has 0 aromatic rings. The van der Waals surface area contributed by atoms with Crippen molar-refractivity contribution in [3.05, 3.63) is 11.8 Å². The Labute approximate surface area is 62.2 Å². The summed E-state index contributed by atoms with van der Waals surface area (Å²) in [6, 6.07) is 0. The first-order chi connectivity index (χ1) is 4.83. The van der Waals surface area contributed by atoms with Crippen molar-refractivity contribution < 1.29 is 4.84 Å². The Morgan fingerprint density at radius 2 is 2.50 bits per heavy atom. The largest absolute Gasteiger partial charge is 0.271 e. The van der Waals surface area contributed by atoms with Gasteiger partial charge in [-0.3, -0.25) is 10.3 Å². The van der Waals surface area contributed by atoms with Crippen LogP contribution in [0.1, 0.15) is 33.1 Å². The molecule has 0 aliphatic carbocycles. The van der Waals surface area contributed by atoms with E-state index in [9.17, 15) is 0 Å². The van der Waals surface area contributed by atoms with Crippen molar-refractivity contribution in [1.29, 1.82) is 0 Å². The third-order valence-corrected chi connectivity index (χ3v) is 1.65. The highest BCUT2D eigenvalue weighted by Crippen LogP contribution is 2.11. The Bertz CT molecular complexity index is 131. The molecule has 0 aromatic carbocycles. The minimum atomic E-state index is 0.319. The fourth-order valence-corrected chi connectivity index (χ4v) is 1.06. The molecule has 0 radical (unpaired) electrons. The predicted molar refractivity (Wildman–Crippen MR) is 41.3 cm³/mol. The van der Waals surface area contributed by atoms with E-state index in [0.717, 1.165) is 12.1 Å². The summed E-state index contributed by atoms with van der Waals surface area (Å²) in [5.74, 6) is 0. The molecule has 58 valence electrons. The van der Waals surface area contributed by atoms with Crippen molar-refractivity contribution in [2.45, 2.75) is 39.2 Å². The summed E-state index contributed by atoms with van der Waals surface area (Å²) in [5, 5.41) is 0. The van der Waals surface area contributed by atoms with E-state index in [1.807, 2.05) is 6.92 Å². The van der Waals surface area contributed by atoms with E-state index in [1.165, 1.54) is 12.8 Å². The highest BCUT2D eigenvalue weighted by atomic mass is 16.7. The van der Waals surface area contributed by atoms with Gasteiger partial charge in [0.15, 0.2) is 0 Å². The van der Waals surface area contributed by atoms with Crippen LogP contribution in [0.3, 0.4) is 0 Å². The Balaban J connectivity index is 2.18. The summed E-state index contributed by atoms with van der Waals surface area (Å²) >= 11 is 0. The van der Waals surface area contributed by atoms with E-state index in [1.54, 1.807) is 0 Å². The maximum absolute atomic E-state index is 5.22. The zero-order valence-electron chi connectivity index (χ0n) is 6.68. The first-order valence-electron chi connectivity index (χ1n) is 3.93. The van der Waals surface area contributed by atoms with E-state index in [4.69, 9.17) is 4.84 Å². The lowest BCUT2D eigenvalue weighted by molar-refractivity contribution is 0.0371. The lowest BCUT2D eigenvalue weighted by Gasteiger charge is -2.04. The van der Waals surface area contributed by atoms with Crippen LogP contribution in [0.25, 0.3) is 0 Å². The summed E-state index contributed by atoms with van der Waals surface area (Å²) in [6.45, 7) is 4.21. The van der Waals surface area contributed by atoms with Gasteiger partial charge in [-0.05, 0) is 19.4 Å². The number of allylic oxidation sites excluding steroid dienone is 1. The number of nitrogens with one attached hydrogen (secondary N) is 1. The Morgan fingerprint density at radius 3 is 3.00 bits per heavy atom. The molecule has 1 atom stereocenters. The van der Waals surface area contributed by atoms with Gasteiger partial charge in [-0.1, -0.05) is 19.8 Å². The van der Waals surface area contributed by atoms with Crippen LogP contribution in [0, 0.1) is 0 Å². The third-order valence-electron chi connectivity index (χ3n) is 1.65. The number of hydrogen-bond donors (Lipinski definition) is 1. The molecule has 1 N–H and O–H groups in total. The molecule has 0 saturated carbocycles. The van der Waals surface area contributed by atoms with Gasteiger partial charge in [0.2, 0.25) is 0 Å². The lowest BCUT2D eigenvalue weighted by Crippen LogP contribution is -2.11. The summed E-state index contributed by atoms with van der Waals surface area (Å²) in [6.07, 6.45) is 6.08. The maximum atomic E-state index is 5.22. The van der Waals surface area contributed by atoms with Gasteiger partial charge < -0.3 is 0 Å². The molecular weight excluding hydrogens is 126 g/mol. The van der Waals surface area contributed by atoms with Crippen LogP contribution in [0.2, 0.25) is 0 Å². The van der Waals surface area contributed by atoms with Crippen molar-refractivity contribution in [3.8, 4) is 0 Å². The second-order valence-electron chi connectivity index (χ2n) is 2.75. The van der Waals surface area contributed by atoms with Gasteiger partial charge in [0.05, 0.1) is 0 Å². The minimum absolute atomic E-state index is 0.319. The molecule has 0 saturated heterocycles. The molecule has 1 unspecified atom stereocenters. The van der Waals surface area contributed by atoms with E-state index in [2.05, 4.69) is 18.5 Å². The second kappa shape index (κ2) is 3.62. The van der Waals surface area contributed by atoms with Gasteiger partial charge >= 0.3 is 0 Å². The SMILES string of the molecule is CCCCC1C=C(C)NO1. The summed E-state index contributed by atoms with van der Waals surface area (Å²) in [4.78, 5) is 5.22. The summed E-state index contributed by atoms with van der Waals surface area (Å²) in [7, 11) is 0. The van der Waals surface area contributed by atoms with Gasteiger partial charge in [-0.15, -0.1) is 0 Å². The number of rotatable bonds is 3. The quantitative estimate of drug-likeness (QED) is 0.649. The van der Waals surface area contributed by atoms with Gasteiger partial charge in [0, 0.05) is 5.70 Å². The van der Waals surface area contributed by atoms with Gasteiger partial charge in [-0.25, -0.2) is 0 Å². The highest BCUT2D eigenvalue weighted by molar-refractivity contribution is 5.02. The van der Waals surface area contributed by atoms with Crippen molar-refractivity contribution in [1.82, 2.24) is 5.48 Å². The van der Waals surface area contributed by atoms with E-state index >= 15 is 0 Å². The van der Waals surface area contributed by atoms with Crippen LogP contribution in [0.4, 0.5) is 0 Å². The first kappa shape index (κ1) is 7.61. The number of hydrogen-bond acceptors (Lipinski definition) is 2. The number of unbranched alkanes of at least 4 members (excludes halogenated alkanes) is 1. The van der Waals surface area contributed by atoms with Crippen LogP contribution in [0.15, 0.2) is 11.8 Å². The van der Waals surface area contributed by atoms with E-state index in [-0.39, 0.29) is 0 Å². The Morgan fingerprint density at radius 1 is 1.70 bits per heavy atom. The maximum Gasteiger partial charge on any atom is 0.105 e. The Kier molecular flexibility index (Phi) is 2.75. The van der Waals surface area contributed by atoms with E-state index in [0.29, 0.717) is 6.10 Å². The third kappa shape index (κ3) is 2.03. The zero-order chi connectivity index (χ0) is 7.40. The molecule has 0 spiro atoms. The molecule has 0 aromatic heterocycles. The molecule has 1 heterocycles. The molecule has 10 heavy (non-hydrogen) atoms. The minimum Gasteiger partial charge on any atom is -0.271 e. The molecule has 0 amide bonds.